The molecule has 2 N–H and O–H groups in total. The maximum Gasteiger partial charge on any atom is 0.341 e. The van der Waals surface area contributed by atoms with Crippen molar-refractivity contribution in [3.8, 4) is 0 Å². The lowest BCUT2D eigenvalue weighted by Crippen LogP contribution is -2.15. The molecule has 0 aliphatic carbocycles. The fourth-order valence-electron chi connectivity index (χ4n) is 1.56. The van der Waals surface area contributed by atoms with Crippen LogP contribution in [-0.4, -0.2) is 35.4 Å². The Balaban J connectivity index is 3.21. The van der Waals surface area contributed by atoms with Crippen molar-refractivity contribution >= 4 is 45.8 Å². The number of ether oxygens (including phenoxy) is 1. The molecule has 0 atom stereocenters. The van der Waals surface area contributed by atoms with Gasteiger partial charge in [0.2, 0.25) is 5.91 Å². The summed E-state index contributed by atoms with van der Waals surface area (Å²) in [7, 11) is 0. The fraction of sp³-hybridized carbons (Fsp3) is 0.417. The van der Waals surface area contributed by atoms with Crippen molar-refractivity contribution in [3.63, 3.8) is 0 Å². The Morgan fingerprint density at radius 3 is 2.55 bits per heavy atom. The van der Waals surface area contributed by atoms with Crippen LogP contribution in [0.3, 0.4) is 0 Å². The van der Waals surface area contributed by atoms with E-state index in [1.807, 2.05) is 0 Å². The first-order valence-corrected chi connectivity index (χ1v) is 7.12. The highest BCUT2D eigenvalue weighted by atomic mass is 35.5. The number of esters is 1. The summed E-state index contributed by atoms with van der Waals surface area (Å²) in [4.78, 5) is 34.5. The highest BCUT2D eigenvalue weighted by Gasteiger charge is 2.24. The minimum Gasteiger partial charge on any atom is -0.481 e. The number of amides is 1. The van der Waals surface area contributed by atoms with E-state index >= 15 is 0 Å². The largest absolute Gasteiger partial charge is 0.481 e. The summed E-state index contributed by atoms with van der Waals surface area (Å²) in [5.74, 6) is -2.34. The van der Waals surface area contributed by atoms with Gasteiger partial charge in [-0.3, -0.25) is 9.59 Å². The van der Waals surface area contributed by atoms with Gasteiger partial charge in [0.05, 0.1) is 18.6 Å². The number of hydrogen-bond acceptors (Lipinski definition) is 5. The third kappa shape index (κ3) is 3.94. The van der Waals surface area contributed by atoms with Crippen LogP contribution in [0.4, 0.5) is 5.00 Å². The summed E-state index contributed by atoms with van der Waals surface area (Å²) in [6.07, 6.45) is -0.223. The number of halogens is 1. The third-order valence-electron chi connectivity index (χ3n) is 2.41. The smallest absolute Gasteiger partial charge is 0.341 e. The number of thiophene rings is 1. The Kier molecular flexibility index (Phi) is 5.97. The van der Waals surface area contributed by atoms with Gasteiger partial charge in [0, 0.05) is 4.88 Å². The zero-order valence-corrected chi connectivity index (χ0v) is 12.6. The fourth-order valence-corrected chi connectivity index (χ4v) is 2.83. The maximum absolute atomic E-state index is 11.9. The molecule has 1 amide bonds. The van der Waals surface area contributed by atoms with Crippen LogP contribution in [0.2, 0.25) is 0 Å². The van der Waals surface area contributed by atoms with Crippen LogP contribution in [0.25, 0.3) is 0 Å². The number of hydrogen-bond donors (Lipinski definition) is 2. The zero-order chi connectivity index (χ0) is 15.3. The number of carbonyl (C=O) groups is 3. The van der Waals surface area contributed by atoms with Crippen LogP contribution < -0.4 is 5.32 Å². The Morgan fingerprint density at radius 2 is 2.05 bits per heavy atom. The summed E-state index contributed by atoms with van der Waals surface area (Å²) in [5.41, 5.74) is 0.687. The summed E-state index contributed by atoms with van der Waals surface area (Å²) < 4.78 is 4.92. The van der Waals surface area contributed by atoms with Crippen LogP contribution >= 0.6 is 22.9 Å². The van der Waals surface area contributed by atoms with E-state index in [4.69, 9.17) is 21.4 Å². The second-order valence-electron chi connectivity index (χ2n) is 3.83. The number of rotatable bonds is 6. The van der Waals surface area contributed by atoms with E-state index in [0.29, 0.717) is 10.4 Å². The number of anilines is 1. The number of alkyl halides is 1. The molecule has 0 aromatic carbocycles. The van der Waals surface area contributed by atoms with Crippen LogP contribution in [-0.2, 0) is 20.7 Å². The molecule has 0 aliphatic heterocycles. The normalized spacial score (nSPS) is 10.2. The molecule has 0 fully saturated rings. The lowest BCUT2D eigenvalue weighted by molar-refractivity contribution is -0.136. The molecule has 1 aromatic rings. The number of carbonyl (C=O) groups excluding carboxylic acids is 2. The van der Waals surface area contributed by atoms with Crippen molar-refractivity contribution in [2.75, 3.05) is 17.8 Å². The number of carboxylic acids is 1. The van der Waals surface area contributed by atoms with Crippen LogP contribution in [0.5, 0.6) is 0 Å². The molecule has 0 spiro atoms. The Hall–Kier alpha value is -1.60. The average Bonchev–Trinajstić information content (AvgIpc) is 2.65. The van der Waals surface area contributed by atoms with Gasteiger partial charge in [-0.2, -0.15) is 0 Å². The Morgan fingerprint density at radius 1 is 1.40 bits per heavy atom. The minimum atomic E-state index is -1.01. The van der Waals surface area contributed by atoms with E-state index < -0.39 is 17.8 Å². The van der Waals surface area contributed by atoms with Gasteiger partial charge in [-0.1, -0.05) is 0 Å². The monoisotopic (exact) mass is 319 g/mol. The summed E-state index contributed by atoms with van der Waals surface area (Å²) in [5, 5.41) is 11.6. The Labute approximate surface area is 124 Å². The van der Waals surface area contributed by atoms with Crippen molar-refractivity contribution in [1.82, 2.24) is 0 Å². The highest BCUT2D eigenvalue weighted by Crippen LogP contribution is 2.34. The highest BCUT2D eigenvalue weighted by molar-refractivity contribution is 7.17. The van der Waals surface area contributed by atoms with E-state index in [2.05, 4.69) is 5.32 Å². The average molecular weight is 320 g/mol. The number of nitrogens with one attached hydrogen (secondary N) is 1. The van der Waals surface area contributed by atoms with Crippen LogP contribution in [0.15, 0.2) is 0 Å². The number of carboxylic acid groups (broad SMARTS) is 1. The van der Waals surface area contributed by atoms with Crippen molar-refractivity contribution in [2.24, 2.45) is 0 Å². The van der Waals surface area contributed by atoms with Crippen molar-refractivity contribution in [1.29, 1.82) is 0 Å². The zero-order valence-electron chi connectivity index (χ0n) is 11.0. The molecule has 110 valence electrons. The van der Waals surface area contributed by atoms with Crippen molar-refractivity contribution < 1.29 is 24.2 Å². The molecule has 6 nitrogen and oxygen atoms in total. The van der Waals surface area contributed by atoms with Crippen LogP contribution in [0, 0.1) is 6.92 Å². The third-order valence-corrected chi connectivity index (χ3v) is 3.86. The summed E-state index contributed by atoms with van der Waals surface area (Å²) in [6.45, 7) is 3.47. The molecule has 20 heavy (non-hydrogen) atoms. The number of aliphatic carboxylic acids is 1. The lowest BCUT2D eigenvalue weighted by atomic mass is 10.1. The molecule has 0 radical (unpaired) electrons. The van der Waals surface area contributed by atoms with E-state index in [1.165, 1.54) is 0 Å². The molecule has 8 heteroatoms. The predicted octanol–water partition coefficient (Wildman–Crippen LogP) is 2.04. The molecule has 0 aliphatic rings. The summed E-state index contributed by atoms with van der Waals surface area (Å²) in [6, 6.07) is 0. The van der Waals surface area contributed by atoms with Gasteiger partial charge in [-0.15, -0.1) is 22.9 Å². The molecule has 0 saturated carbocycles. The Bertz CT molecular complexity index is 540. The molecule has 1 rings (SSSR count). The van der Waals surface area contributed by atoms with Gasteiger partial charge < -0.3 is 15.2 Å². The van der Waals surface area contributed by atoms with E-state index in [-0.39, 0.29) is 29.5 Å². The molecule has 1 aromatic heterocycles. The molecular weight excluding hydrogens is 306 g/mol. The van der Waals surface area contributed by atoms with E-state index in [9.17, 15) is 14.4 Å². The second kappa shape index (κ2) is 7.25. The molecule has 0 saturated heterocycles. The van der Waals surface area contributed by atoms with Crippen LogP contribution in [0.1, 0.15) is 27.7 Å². The van der Waals surface area contributed by atoms with E-state index in [1.54, 1.807) is 13.8 Å². The topological polar surface area (TPSA) is 92.7 Å². The van der Waals surface area contributed by atoms with Crippen molar-refractivity contribution in [2.45, 2.75) is 20.3 Å². The first-order valence-electron chi connectivity index (χ1n) is 5.77. The molecule has 1 heterocycles. The van der Waals surface area contributed by atoms with Gasteiger partial charge in [-0.25, -0.2) is 4.79 Å². The van der Waals surface area contributed by atoms with E-state index in [0.717, 1.165) is 11.3 Å². The van der Waals surface area contributed by atoms with Gasteiger partial charge >= 0.3 is 11.9 Å². The molecule has 0 unspecified atom stereocenters. The molecular formula is C12H14ClNO5S. The van der Waals surface area contributed by atoms with Gasteiger partial charge in [-0.05, 0) is 19.4 Å². The van der Waals surface area contributed by atoms with Gasteiger partial charge in [0.15, 0.2) is 0 Å². The quantitative estimate of drug-likeness (QED) is 0.618. The maximum atomic E-state index is 11.9. The molecule has 0 bridgehead atoms. The first kappa shape index (κ1) is 16.5. The van der Waals surface area contributed by atoms with Crippen molar-refractivity contribution in [3.05, 3.63) is 16.0 Å². The minimum absolute atomic E-state index is 0.186. The van der Waals surface area contributed by atoms with Gasteiger partial charge in [0.1, 0.15) is 10.9 Å². The van der Waals surface area contributed by atoms with Gasteiger partial charge in [0.25, 0.3) is 0 Å². The first-order chi connectivity index (χ1) is 9.40. The standard InChI is InChI=1S/C12H14ClNO5S/c1-3-19-12(18)10-6(2)7(4-9(16)17)20-11(10)14-8(15)5-13/h3-5H2,1-2H3,(H,14,15)(H,16,17). The summed E-state index contributed by atoms with van der Waals surface area (Å²) >= 11 is 6.45. The lowest BCUT2D eigenvalue weighted by Gasteiger charge is -2.05. The predicted molar refractivity (Wildman–Crippen MR) is 75.7 cm³/mol. The SMILES string of the molecule is CCOC(=O)c1c(NC(=O)CCl)sc(CC(=O)O)c1C. The second-order valence-corrected chi connectivity index (χ2v) is 5.20.